The van der Waals surface area contributed by atoms with Crippen molar-refractivity contribution in [1.82, 2.24) is 14.5 Å². The number of aromatic nitrogens is 3. The van der Waals surface area contributed by atoms with E-state index in [1.807, 2.05) is 24.3 Å². The summed E-state index contributed by atoms with van der Waals surface area (Å²) in [6.07, 6.45) is 0. The number of rotatable bonds is 6. The first-order valence-corrected chi connectivity index (χ1v) is 18.9. The number of furan rings is 1. The summed E-state index contributed by atoms with van der Waals surface area (Å²) in [6.45, 7) is 0. The molecule has 0 bridgehead atoms. The Labute approximate surface area is 323 Å². The first kappa shape index (κ1) is 31.9. The Kier molecular flexibility index (Phi) is 7.46. The van der Waals surface area contributed by atoms with E-state index in [-0.39, 0.29) is 0 Å². The normalized spacial score (nSPS) is 11.6. The molecule has 3 heterocycles. The lowest BCUT2D eigenvalue weighted by molar-refractivity contribution is 0.667. The van der Waals surface area contributed by atoms with Crippen molar-refractivity contribution < 1.29 is 4.42 Å². The highest BCUT2D eigenvalue weighted by atomic mass is 16.3. The van der Waals surface area contributed by atoms with Crippen LogP contribution in [-0.4, -0.2) is 14.5 Å². The fourth-order valence-electron chi connectivity index (χ4n) is 8.09. The largest absolute Gasteiger partial charge is 0.452 e. The standard InChI is InChI=1S/C52H33N3O/c1-3-13-34(14-4-1)35-25-27-36(28-26-35)49-51-50(54-52(53-49)37-15-5-2-6-16-37)45-30-29-41(33-48(45)56-51)39-18-11-17-38(31-39)40-19-12-20-42(32-40)55-46-23-9-7-21-43(46)44-22-8-10-24-47(44)55/h1-33H. The zero-order valence-corrected chi connectivity index (χ0v) is 30.3. The number of para-hydroxylation sites is 2. The molecule has 0 unspecified atom stereocenters. The van der Waals surface area contributed by atoms with Crippen molar-refractivity contribution in [3.8, 4) is 61.7 Å². The van der Waals surface area contributed by atoms with Crippen molar-refractivity contribution in [3.63, 3.8) is 0 Å². The molecule has 3 aromatic heterocycles. The van der Waals surface area contributed by atoms with Crippen LogP contribution in [0.4, 0.5) is 0 Å². The molecule has 0 amide bonds. The molecule has 262 valence electrons. The zero-order valence-electron chi connectivity index (χ0n) is 30.3. The van der Waals surface area contributed by atoms with Gasteiger partial charge in [-0.3, -0.25) is 0 Å². The molecule has 0 aliphatic rings. The Morgan fingerprint density at radius 3 is 1.57 bits per heavy atom. The van der Waals surface area contributed by atoms with Gasteiger partial charge in [0.25, 0.3) is 0 Å². The number of hydrogen-bond donors (Lipinski definition) is 0. The molecule has 0 saturated heterocycles. The molecule has 0 spiro atoms. The second-order valence-corrected chi connectivity index (χ2v) is 14.2. The van der Waals surface area contributed by atoms with E-state index >= 15 is 0 Å². The summed E-state index contributed by atoms with van der Waals surface area (Å²) in [6, 6.07) is 70.4. The smallest absolute Gasteiger partial charge is 0.180 e. The average molecular weight is 716 g/mol. The summed E-state index contributed by atoms with van der Waals surface area (Å²) >= 11 is 0. The summed E-state index contributed by atoms with van der Waals surface area (Å²) < 4.78 is 9.09. The average Bonchev–Trinajstić information content (AvgIpc) is 3.82. The summed E-state index contributed by atoms with van der Waals surface area (Å²) in [7, 11) is 0. The van der Waals surface area contributed by atoms with Crippen LogP contribution in [0.3, 0.4) is 0 Å². The summed E-state index contributed by atoms with van der Waals surface area (Å²) in [5.74, 6) is 0.669. The Bertz CT molecular complexity index is 3180. The maximum Gasteiger partial charge on any atom is 0.180 e. The van der Waals surface area contributed by atoms with E-state index in [0.717, 1.165) is 66.8 Å². The van der Waals surface area contributed by atoms with E-state index in [2.05, 4.69) is 180 Å². The maximum absolute atomic E-state index is 6.72. The lowest BCUT2D eigenvalue weighted by Crippen LogP contribution is -1.94. The summed E-state index contributed by atoms with van der Waals surface area (Å²) in [5, 5.41) is 3.47. The van der Waals surface area contributed by atoms with Gasteiger partial charge in [0.05, 0.1) is 11.0 Å². The minimum absolute atomic E-state index is 0.669. The second-order valence-electron chi connectivity index (χ2n) is 14.2. The van der Waals surface area contributed by atoms with Gasteiger partial charge in [-0.25, -0.2) is 9.97 Å². The van der Waals surface area contributed by atoms with Gasteiger partial charge in [0, 0.05) is 33.0 Å². The van der Waals surface area contributed by atoms with E-state index in [0.29, 0.717) is 11.4 Å². The van der Waals surface area contributed by atoms with Gasteiger partial charge in [-0.2, -0.15) is 0 Å². The minimum Gasteiger partial charge on any atom is -0.452 e. The molecule has 0 radical (unpaired) electrons. The molecule has 8 aromatic carbocycles. The van der Waals surface area contributed by atoms with E-state index in [9.17, 15) is 0 Å². The molecule has 0 N–H and O–H groups in total. The Morgan fingerprint density at radius 2 is 0.875 bits per heavy atom. The van der Waals surface area contributed by atoms with Crippen molar-refractivity contribution in [1.29, 1.82) is 0 Å². The van der Waals surface area contributed by atoms with Crippen LogP contribution in [0.15, 0.2) is 205 Å². The third-order valence-electron chi connectivity index (χ3n) is 10.8. The van der Waals surface area contributed by atoms with Crippen molar-refractivity contribution in [2.45, 2.75) is 0 Å². The third-order valence-corrected chi connectivity index (χ3v) is 10.8. The van der Waals surface area contributed by atoms with E-state index in [4.69, 9.17) is 14.4 Å². The fraction of sp³-hybridized carbons (Fsp3) is 0. The van der Waals surface area contributed by atoms with E-state index in [1.165, 1.54) is 27.4 Å². The van der Waals surface area contributed by atoms with Crippen LogP contribution in [0.1, 0.15) is 0 Å². The fourth-order valence-corrected chi connectivity index (χ4v) is 8.09. The third kappa shape index (κ3) is 5.39. The molecule has 0 aliphatic heterocycles. The van der Waals surface area contributed by atoms with Gasteiger partial charge in [0.1, 0.15) is 16.8 Å². The summed E-state index contributed by atoms with van der Waals surface area (Å²) in [5.41, 5.74) is 15.3. The highest BCUT2D eigenvalue weighted by molar-refractivity contribution is 6.10. The predicted molar refractivity (Wildman–Crippen MR) is 231 cm³/mol. The highest BCUT2D eigenvalue weighted by Crippen LogP contribution is 2.39. The molecule has 0 aliphatic carbocycles. The maximum atomic E-state index is 6.72. The molecule has 56 heavy (non-hydrogen) atoms. The monoisotopic (exact) mass is 715 g/mol. The number of hydrogen-bond acceptors (Lipinski definition) is 3. The molecule has 11 aromatic rings. The first-order chi connectivity index (χ1) is 27.7. The van der Waals surface area contributed by atoms with Crippen molar-refractivity contribution in [2.24, 2.45) is 0 Å². The molecule has 0 saturated carbocycles. The van der Waals surface area contributed by atoms with Crippen molar-refractivity contribution in [3.05, 3.63) is 200 Å². The van der Waals surface area contributed by atoms with Gasteiger partial charge >= 0.3 is 0 Å². The first-order valence-electron chi connectivity index (χ1n) is 18.9. The Hall–Kier alpha value is -7.56. The van der Waals surface area contributed by atoms with Crippen LogP contribution in [-0.2, 0) is 0 Å². The van der Waals surface area contributed by atoms with Crippen LogP contribution in [0.2, 0.25) is 0 Å². The van der Waals surface area contributed by atoms with Crippen LogP contribution in [0, 0.1) is 0 Å². The van der Waals surface area contributed by atoms with Crippen LogP contribution in [0.5, 0.6) is 0 Å². The second kappa shape index (κ2) is 13.1. The van der Waals surface area contributed by atoms with Gasteiger partial charge in [0.15, 0.2) is 11.4 Å². The van der Waals surface area contributed by atoms with E-state index in [1.54, 1.807) is 0 Å². The van der Waals surface area contributed by atoms with Gasteiger partial charge < -0.3 is 8.98 Å². The molecule has 0 atom stereocenters. The zero-order chi connectivity index (χ0) is 37.0. The van der Waals surface area contributed by atoms with Crippen LogP contribution in [0.25, 0.3) is 106 Å². The number of fused-ring (bicyclic) bond motifs is 6. The topological polar surface area (TPSA) is 43.9 Å². The Balaban J connectivity index is 1.00. The minimum atomic E-state index is 0.669. The molecular formula is C52H33N3O. The van der Waals surface area contributed by atoms with Crippen molar-refractivity contribution >= 4 is 43.9 Å². The quantitative estimate of drug-likeness (QED) is 0.172. The van der Waals surface area contributed by atoms with Gasteiger partial charge in [-0.1, -0.05) is 158 Å². The lowest BCUT2D eigenvalue weighted by atomic mass is 9.98. The SMILES string of the molecule is c1ccc(-c2ccc(-c3nc(-c4ccccc4)nc4c3oc3cc(-c5cccc(-c6cccc(-n7c8ccccc8c8ccccc87)c6)c5)ccc34)cc2)cc1. The van der Waals surface area contributed by atoms with E-state index < -0.39 is 0 Å². The van der Waals surface area contributed by atoms with Crippen LogP contribution >= 0.6 is 0 Å². The number of nitrogens with zero attached hydrogens (tertiary/aromatic N) is 3. The van der Waals surface area contributed by atoms with Crippen LogP contribution < -0.4 is 0 Å². The molecule has 4 heteroatoms. The molecule has 0 fully saturated rings. The summed E-state index contributed by atoms with van der Waals surface area (Å²) in [4.78, 5) is 10.2. The lowest BCUT2D eigenvalue weighted by Gasteiger charge is -2.11. The molecule has 11 rings (SSSR count). The van der Waals surface area contributed by atoms with Gasteiger partial charge in [0.2, 0.25) is 0 Å². The number of benzene rings is 8. The van der Waals surface area contributed by atoms with Gasteiger partial charge in [-0.15, -0.1) is 0 Å². The van der Waals surface area contributed by atoms with Crippen molar-refractivity contribution in [2.75, 3.05) is 0 Å². The highest BCUT2D eigenvalue weighted by Gasteiger charge is 2.19. The van der Waals surface area contributed by atoms with Gasteiger partial charge in [-0.05, 0) is 75.8 Å². The molecule has 4 nitrogen and oxygen atoms in total. The predicted octanol–water partition coefficient (Wildman–Crippen LogP) is 13.8. The molecular weight excluding hydrogens is 683 g/mol. The Morgan fingerprint density at radius 1 is 0.357 bits per heavy atom.